The van der Waals surface area contributed by atoms with Crippen LogP contribution < -0.4 is 10.9 Å². The smallest absolute Gasteiger partial charge is 0.262 e. The summed E-state index contributed by atoms with van der Waals surface area (Å²) in [4.78, 5) is 12.6. The van der Waals surface area contributed by atoms with E-state index in [1.165, 1.54) is 31.2 Å². The van der Waals surface area contributed by atoms with Gasteiger partial charge in [-0.25, -0.2) is 0 Å². The maximum absolute atomic E-state index is 12.6. The molecule has 0 aliphatic heterocycles. The van der Waals surface area contributed by atoms with Crippen LogP contribution in [-0.2, 0) is 19.0 Å². The van der Waals surface area contributed by atoms with E-state index in [4.69, 9.17) is 0 Å². The molecular formula is C23H25N5O. The van der Waals surface area contributed by atoms with Gasteiger partial charge in [0.15, 0.2) is 5.82 Å². The van der Waals surface area contributed by atoms with E-state index in [1.54, 1.807) is 11.6 Å². The number of nitrogens with zero attached hydrogens (tertiary/aromatic N) is 4. The molecule has 0 spiro atoms. The van der Waals surface area contributed by atoms with E-state index in [1.807, 2.05) is 28.7 Å². The number of rotatable bonds is 5. The molecule has 0 saturated heterocycles. The van der Waals surface area contributed by atoms with Gasteiger partial charge >= 0.3 is 0 Å². The molecule has 1 aliphatic rings. The molecule has 5 rings (SSSR count). The highest BCUT2D eigenvalue weighted by molar-refractivity contribution is 5.80. The second-order valence-electron chi connectivity index (χ2n) is 8.09. The molecule has 2 aromatic heterocycles. The van der Waals surface area contributed by atoms with Crippen LogP contribution in [0.5, 0.6) is 0 Å². The Labute approximate surface area is 169 Å². The third kappa shape index (κ3) is 2.95. The first-order valence-corrected chi connectivity index (χ1v) is 10.3. The molecule has 1 fully saturated rings. The van der Waals surface area contributed by atoms with Crippen molar-refractivity contribution < 1.29 is 0 Å². The van der Waals surface area contributed by atoms with E-state index >= 15 is 0 Å². The largest absolute Gasteiger partial charge is 0.309 e. The number of aryl methyl sites for hydroxylation is 1. The summed E-state index contributed by atoms with van der Waals surface area (Å²) in [5.74, 6) is 1.40. The molecule has 1 N–H and O–H groups in total. The Bertz CT molecular complexity index is 1220. The number of fused-ring (bicyclic) bond motifs is 3. The van der Waals surface area contributed by atoms with E-state index in [2.05, 4.69) is 45.8 Å². The van der Waals surface area contributed by atoms with Gasteiger partial charge in [0.2, 0.25) is 5.78 Å². The lowest BCUT2D eigenvalue weighted by Gasteiger charge is -2.30. The first-order valence-electron chi connectivity index (χ1n) is 10.3. The van der Waals surface area contributed by atoms with E-state index in [0.717, 1.165) is 17.9 Å². The zero-order chi connectivity index (χ0) is 19.8. The zero-order valence-electron chi connectivity index (χ0n) is 16.6. The van der Waals surface area contributed by atoms with Crippen LogP contribution in [0.1, 0.15) is 37.1 Å². The van der Waals surface area contributed by atoms with Crippen LogP contribution in [0, 0.1) is 0 Å². The molecule has 0 radical (unpaired) electrons. The van der Waals surface area contributed by atoms with Gasteiger partial charge < -0.3 is 5.32 Å². The van der Waals surface area contributed by atoms with Crippen molar-refractivity contribution in [3.63, 3.8) is 0 Å². The highest BCUT2D eigenvalue weighted by Crippen LogP contribution is 2.40. The van der Waals surface area contributed by atoms with Crippen molar-refractivity contribution in [3.8, 4) is 0 Å². The lowest BCUT2D eigenvalue weighted by Crippen LogP contribution is -2.36. The Morgan fingerprint density at radius 3 is 2.52 bits per heavy atom. The lowest BCUT2D eigenvalue weighted by atomic mass is 9.79. The van der Waals surface area contributed by atoms with Crippen molar-refractivity contribution in [2.24, 2.45) is 7.05 Å². The van der Waals surface area contributed by atoms with E-state index in [-0.39, 0.29) is 11.0 Å². The van der Waals surface area contributed by atoms with E-state index < -0.39 is 0 Å². The number of aromatic nitrogens is 4. The Morgan fingerprint density at radius 1 is 1.00 bits per heavy atom. The zero-order valence-corrected chi connectivity index (χ0v) is 16.6. The summed E-state index contributed by atoms with van der Waals surface area (Å²) in [6, 6.07) is 18.5. The molecule has 0 amide bonds. The van der Waals surface area contributed by atoms with Crippen LogP contribution in [0.3, 0.4) is 0 Å². The van der Waals surface area contributed by atoms with Gasteiger partial charge in [0.05, 0.1) is 17.4 Å². The lowest BCUT2D eigenvalue weighted by molar-refractivity contribution is 0.401. The van der Waals surface area contributed by atoms with Crippen LogP contribution in [0.25, 0.3) is 16.7 Å². The molecule has 0 atom stereocenters. The van der Waals surface area contributed by atoms with Gasteiger partial charge in [0, 0.05) is 19.0 Å². The van der Waals surface area contributed by atoms with Gasteiger partial charge in [0.25, 0.3) is 5.56 Å². The fourth-order valence-corrected chi connectivity index (χ4v) is 4.83. The SMILES string of the molecule is Cn1c(=O)c2ccccc2n2c(CNCC3(c4ccccc4)CCCC3)nnc12. The standard InChI is InChI=1S/C23H25N5O/c1-27-21(29)18-11-5-6-12-19(18)28-20(25-26-22(27)28)15-24-16-23(13-7-8-14-23)17-9-3-2-4-10-17/h2-6,9-12,24H,7-8,13-16H2,1H3. The van der Waals surface area contributed by atoms with Crippen LogP contribution in [-0.4, -0.2) is 25.7 Å². The minimum atomic E-state index is -0.0472. The molecule has 29 heavy (non-hydrogen) atoms. The normalized spacial score (nSPS) is 16.0. The fraction of sp³-hybridized carbons (Fsp3) is 0.348. The Kier molecular flexibility index (Phi) is 4.43. The van der Waals surface area contributed by atoms with Crippen LogP contribution >= 0.6 is 0 Å². The molecule has 6 nitrogen and oxygen atoms in total. The van der Waals surface area contributed by atoms with Crippen molar-refractivity contribution in [2.75, 3.05) is 6.54 Å². The number of nitrogens with one attached hydrogen (secondary N) is 1. The Morgan fingerprint density at radius 2 is 1.72 bits per heavy atom. The minimum Gasteiger partial charge on any atom is -0.309 e. The Balaban J connectivity index is 1.47. The average molecular weight is 387 g/mol. The van der Waals surface area contributed by atoms with Crippen LogP contribution in [0.2, 0.25) is 0 Å². The van der Waals surface area contributed by atoms with Gasteiger partial charge in [-0.05, 0) is 30.5 Å². The first-order chi connectivity index (χ1) is 14.2. The summed E-state index contributed by atoms with van der Waals surface area (Å²) in [7, 11) is 1.75. The summed E-state index contributed by atoms with van der Waals surface area (Å²) < 4.78 is 3.56. The topological polar surface area (TPSA) is 64.2 Å². The van der Waals surface area contributed by atoms with Gasteiger partial charge in [-0.1, -0.05) is 55.3 Å². The molecule has 6 heteroatoms. The maximum atomic E-state index is 12.6. The van der Waals surface area contributed by atoms with Crippen LogP contribution in [0.15, 0.2) is 59.4 Å². The fourth-order valence-electron chi connectivity index (χ4n) is 4.83. The molecule has 2 aromatic carbocycles. The van der Waals surface area contributed by atoms with Crippen molar-refractivity contribution in [2.45, 2.75) is 37.6 Å². The van der Waals surface area contributed by atoms with Crippen molar-refractivity contribution >= 4 is 16.7 Å². The Hall–Kier alpha value is -2.99. The highest BCUT2D eigenvalue weighted by Gasteiger charge is 2.35. The molecule has 0 bridgehead atoms. The van der Waals surface area contributed by atoms with Gasteiger partial charge in [-0.2, -0.15) is 0 Å². The van der Waals surface area contributed by atoms with Crippen molar-refractivity contribution in [1.82, 2.24) is 24.5 Å². The minimum absolute atomic E-state index is 0.0472. The predicted octanol–water partition coefficient (Wildman–Crippen LogP) is 3.18. The van der Waals surface area contributed by atoms with Crippen molar-refractivity contribution in [1.29, 1.82) is 0 Å². The van der Waals surface area contributed by atoms with Crippen LogP contribution in [0.4, 0.5) is 0 Å². The molecular weight excluding hydrogens is 362 g/mol. The second kappa shape index (κ2) is 7.12. The monoisotopic (exact) mass is 387 g/mol. The first kappa shape index (κ1) is 18.1. The van der Waals surface area contributed by atoms with Gasteiger partial charge in [-0.15, -0.1) is 10.2 Å². The summed E-state index contributed by atoms with van der Waals surface area (Å²) in [6.45, 7) is 1.52. The van der Waals surface area contributed by atoms with Gasteiger partial charge in [-0.3, -0.25) is 13.8 Å². The molecule has 1 aliphatic carbocycles. The van der Waals surface area contributed by atoms with Crippen molar-refractivity contribution in [3.05, 3.63) is 76.3 Å². The summed E-state index contributed by atoms with van der Waals surface area (Å²) in [5.41, 5.74) is 2.42. The summed E-state index contributed by atoms with van der Waals surface area (Å²) >= 11 is 0. The molecule has 1 saturated carbocycles. The second-order valence-corrected chi connectivity index (χ2v) is 8.09. The predicted molar refractivity (Wildman–Crippen MR) is 114 cm³/mol. The third-order valence-corrected chi connectivity index (χ3v) is 6.39. The molecule has 148 valence electrons. The molecule has 4 aromatic rings. The number of para-hydroxylation sites is 1. The summed E-state index contributed by atoms with van der Waals surface area (Å²) in [6.07, 6.45) is 4.97. The number of hydrogen-bond acceptors (Lipinski definition) is 4. The number of benzene rings is 2. The third-order valence-electron chi connectivity index (χ3n) is 6.39. The summed E-state index contributed by atoms with van der Waals surface area (Å²) in [5, 5.41) is 13.0. The number of hydrogen-bond donors (Lipinski definition) is 1. The van der Waals surface area contributed by atoms with E-state index in [0.29, 0.717) is 17.7 Å². The maximum Gasteiger partial charge on any atom is 0.262 e. The highest BCUT2D eigenvalue weighted by atomic mass is 16.1. The average Bonchev–Trinajstić information content (AvgIpc) is 3.41. The quantitative estimate of drug-likeness (QED) is 0.571. The molecule has 2 heterocycles. The molecule has 0 unspecified atom stereocenters. The van der Waals surface area contributed by atoms with Gasteiger partial charge in [0.1, 0.15) is 0 Å². The van der Waals surface area contributed by atoms with E-state index in [9.17, 15) is 4.79 Å².